The fraction of sp³-hybridized carbons (Fsp3) is 0.417. The van der Waals surface area contributed by atoms with Gasteiger partial charge in [0.05, 0.1) is 23.6 Å². The highest BCUT2D eigenvalue weighted by Crippen LogP contribution is 2.56. The Labute approximate surface area is 199 Å². The van der Waals surface area contributed by atoms with Gasteiger partial charge in [0.25, 0.3) is 5.91 Å². The quantitative estimate of drug-likeness (QED) is 0.243. The second-order valence-corrected chi connectivity index (χ2v) is 9.53. The van der Waals surface area contributed by atoms with E-state index < -0.39 is 81.4 Å². The van der Waals surface area contributed by atoms with Crippen LogP contribution >= 0.6 is 0 Å². The summed E-state index contributed by atoms with van der Waals surface area (Å²) in [5.74, 6) is -10.2. The average molecular weight is 486 g/mol. The first-order valence-corrected chi connectivity index (χ1v) is 10.9. The number of ketones is 3. The second-order valence-electron chi connectivity index (χ2n) is 9.53. The zero-order valence-corrected chi connectivity index (χ0v) is 19.4. The van der Waals surface area contributed by atoms with E-state index in [-0.39, 0.29) is 22.5 Å². The number of hydrogen-bond donors (Lipinski definition) is 6. The van der Waals surface area contributed by atoms with E-state index in [1.54, 1.807) is 6.92 Å². The lowest BCUT2D eigenvalue weighted by molar-refractivity contribution is -0.169. The zero-order chi connectivity index (χ0) is 26.3. The van der Waals surface area contributed by atoms with Crippen LogP contribution in [0.4, 0.5) is 0 Å². The Bertz CT molecular complexity index is 1280. The molecule has 0 heterocycles. The summed E-state index contributed by atoms with van der Waals surface area (Å²) < 4.78 is 0. The standard InChI is InChI=1S/C24H26N2O9/c1-7-11-9(8(2)27)5-6-10(28)13(11)18(29)14-12(7)19(30)16-17(26(3)4)20(31)15(23(25)34)22(33)24(16,35)21(14)32/h5-7,12,16-17,19,28-30,33,35H,1-4H3,(H2,25,34). The van der Waals surface area contributed by atoms with Crippen LogP contribution in [0.5, 0.6) is 5.75 Å². The minimum atomic E-state index is -2.97. The van der Waals surface area contributed by atoms with Crippen LogP contribution in [0.2, 0.25) is 0 Å². The first-order chi connectivity index (χ1) is 16.2. The van der Waals surface area contributed by atoms with Crippen molar-refractivity contribution in [3.63, 3.8) is 0 Å². The highest BCUT2D eigenvalue weighted by Gasteiger charge is 2.68. The minimum Gasteiger partial charge on any atom is -0.508 e. The molecule has 1 amide bonds. The van der Waals surface area contributed by atoms with Crippen LogP contribution in [0, 0.1) is 11.8 Å². The zero-order valence-electron chi connectivity index (χ0n) is 19.4. The van der Waals surface area contributed by atoms with Gasteiger partial charge in [-0.15, -0.1) is 0 Å². The number of rotatable bonds is 3. The second kappa shape index (κ2) is 7.74. The number of Topliss-reactive ketones (excluding diaryl/α,β-unsaturated/α-hetero) is 3. The highest BCUT2D eigenvalue weighted by atomic mass is 16.4. The van der Waals surface area contributed by atoms with E-state index >= 15 is 0 Å². The molecule has 11 heteroatoms. The van der Waals surface area contributed by atoms with Crippen molar-refractivity contribution in [1.29, 1.82) is 0 Å². The summed E-state index contributed by atoms with van der Waals surface area (Å²) >= 11 is 0. The van der Waals surface area contributed by atoms with E-state index in [0.717, 1.165) is 0 Å². The number of phenolic OH excluding ortho intramolecular Hbond substituents is 1. The normalized spacial score (nSPS) is 32.4. The fourth-order valence-corrected chi connectivity index (χ4v) is 6.00. The SMILES string of the molecule is CC(=O)c1ccc(O)c2c1C(C)C1C(=C2O)C(=O)C2(O)C(O)=C(C(N)=O)C(=O)C(N(C)C)C2C1O. The Morgan fingerprint density at radius 3 is 2.23 bits per heavy atom. The summed E-state index contributed by atoms with van der Waals surface area (Å²) in [6, 6.07) is 1.09. The van der Waals surface area contributed by atoms with Crippen molar-refractivity contribution >= 4 is 29.0 Å². The summed E-state index contributed by atoms with van der Waals surface area (Å²) in [5.41, 5.74) is 0.948. The van der Waals surface area contributed by atoms with Gasteiger partial charge in [-0.05, 0) is 44.6 Å². The molecule has 3 aliphatic rings. The molecule has 4 rings (SSSR count). The monoisotopic (exact) mass is 486 g/mol. The fourth-order valence-electron chi connectivity index (χ4n) is 6.00. The van der Waals surface area contributed by atoms with E-state index in [1.807, 2.05) is 0 Å². The molecule has 7 N–H and O–H groups in total. The molecular formula is C24H26N2O9. The molecule has 6 atom stereocenters. The van der Waals surface area contributed by atoms with E-state index in [1.165, 1.54) is 38.1 Å². The molecule has 6 unspecified atom stereocenters. The molecule has 35 heavy (non-hydrogen) atoms. The van der Waals surface area contributed by atoms with Gasteiger partial charge >= 0.3 is 0 Å². The molecule has 1 aromatic rings. The van der Waals surface area contributed by atoms with Gasteiger partial charge in [0.2, 0.25) is 5.78 Å². The molecule has 0 aromatic heterocycles. The first kappa shape index (κ1) is 24.6. The molecule has 11 nitrogen and oxygen atoms in total. The van der Waals surface area contributed by atoms with Gasteiger partial charge in [0.15, 0.2) is 17.2 Å². The number of likely N-dealkylation sites (N-methyl/N-ethyl adjacent to an activating group) is 1. The van der Waals surface area contributed by atoms with Gasteiger partial charge in [-0.1, -0.05) is 6.92 Å². The van der Waals surface area contributed by atoms with Crippen molar-refractivity contribution < 1.29 is 44.7 Å². The number of carbonyl (C=O) groups excluding carboxylic acids is 4. The van der Waals surface area contributed by atoms with E-state index in [9.17, 15) is 44.7 Å². The van der Waals surface area contributed by atoms with Gasteiger partial charge < -0.3 is 31.3 Å². The number of carbonyl (C=O) groups is 4. The van der Waals surface area contributed by atoms with Crippen molar-refractivity contribution in [2.45, 2.75) is 37.5 Å². The van der Waals surface area contributed by atoms with Crippen molar-refractivity contribution in [3.8, 4) is 5.75 Å². The molecule has 1 saturated carbocycles. The van der Waals surface area contributed by atoms with Gasteiger partial charge in [-0.3, -0.25) is 24.1 Å². The molecule has 0 spiro atoms. The van der Waals surface area contributed by atoms with Crippen LogP contribution in [0.25, 0.3) is 5.76 Å². The van der Waals surface area contributed by atoms with Gasteiger partial charge in [0, 0.05) is 17.1 Å². The van der Waals surface area contributed by atoms with Crippen LogP contribution in [-0.4, -0.2) is 85.5 Å². The smallest absolute Gasteiger partial charge is 0.255 e. The number of aliphatic hydroxyl groups is 4. The third-order valence-electron chi connectivity index (χ3n) is 7.49. The molecule has 0 radical (unpaired) electrons. The largest absolute Gasteiger partial charge is 0.508 e. The lowest BCUT2D eigenvalue weighted by atomic mass is 9.54. The predicted octanol–water partition coefficient (Wildman–Crippen LogP) is -0.302. The molecule has 0 bridgehead atoms. The van der Waals surface area contributed by atoms with Crippen LogP contribution in [-0.2, 0) is 14.4 Å². The number of aliphatic hydroxyl groups excluding tert-OH is 3. The van der Waals surface area contributed by atoms with E-state index in [4.69, 9.17) is 5.73 Å². The summed E-state index contributed by atoms with van der Waals surface area (Å²) in [7, 11) is 2.85. The van der Waals surface area contributed by atoms with Crippen molar-refractivity contribution in [2.75, 3.05) is 14.1 Å². The Morgan fingerprint density at radius 2 is 1.71 bits per heavy atom. The van der Waals surface area contributed by atoms with E-state index in [0.29, 0.717) is 0 Å². The van der Waals surface area contributed by atoms with Crippen LogP contribution < -0.4 is 5.73 Å². The number of nitrogens with two attached hydrogens (primary N) is 1. The number of primary amides is 1. The molecule has 0 aliphatic heterocycles. The molecular weight excluding hydrogens is 460 g/mol. The predicted molar refractivity (Wildman–Crippen MR) is 120 cm³/mol. The number of nitrogens with zero attached hydrogens (tertiary/aromatic N) is 1. The maximum Gasteiger partial charge on any atom is 0.255 e. The summed E-state index contributed by atoms with van der Waals surface area (Å²) in [6.45, 7) is 2.86. The van der Waals surface area contributed by atoms with Gasteiger partial charge in [0.1, 0.15) is 22.8 Å². The topological polar surface area (TPSA) is 199 Å². The maximum absolute atomic E-state index is 13.8. The molecule has 1 aromatic carbocycles. The summed E-state index contributed by atoms with van der Waals surface area (Å²) in [6.07, 6.45) is -1.71. The Morgan fingerprint density at radius 1 is 1.11 bits per heavy atom. The lowest BCUT2D eigenvalue weighted by Gasteiger charge is -2.53. The Kier molecular flexibility index (Phi) is 5.43. The molecule has 186 valence electrons. The van der Waals surface area contributed by atoms with Crippen molar-refractivity contribution in [1.82, 2.24) is 4.90 Å². The Balaban J connectivity index is 2.10. The van der Waals surface area contributed by atoms with Gasteiger partial charge in [-0.25, -0.2) is 0 Å². The van der Waals surface area contributed by atoms with Crippen LogP contribution in [0.1, 0.15) is 41.3 Å². The third-order valence-corrected chi connectivity index (χ3v) is 7.49. The Hall–Kier alpha value is -3.54. The van der Waals surface area contributed by atoms with Crippen molar-refractivity contribution in [2.24, 2.45) is 17.6 Å². The molecule has 1 fully saturated rings. The highest BCUT2D eigenvalue weighted by molar-refractivity contribution is 6.24. The van der Waals surface area contributed by atoms with Crippen LogP contribution in [0.15, 0.2) is 29.0 Å². The van der Waals surface area contributed by atoms with Crippen molar-refractivity contribution in [3.05, 3.63) is 45.7 Å². The number of benzene rings is 1. The molecule has 3 aliphatic carbocycles. The van der Waals surface area contributed by atoms with Gasteiger partial charge in [-0.2, -0.15) is 0 Å². The van der Waals surface area contributed by atoms with Crippen LogP contribution in [0.3, 0.4) is 0 Å². The number of fused-ring (bicyclic) bond motifs is 3. The van der Waals surface area contributed by atoms with E-state index in [2.05, 4.69) is 0 Å². The number of phenols is 1. The first-order valence-electron chi connectivity index (χ1n) is 10.9. The third kappa shape index (κ3) is 2.95. The summed E-state index contributed by atoms with van der Waals surface area (Å²) in [5, 5.41) is 55.6. The molecule has 0 saturated heterocycles. The maximum atomic E-state index is 13.8. The average Bonchev–Trinajstić information content (AvgIpc) is 2.75. The number of aromatic hydroxyl groups is 1. The number of hydrogen-bond acceptors (Lipinski definition) is 10. The number of amides is 1. The summed E-state index contributed by atoms with van der Waals surface area (Å²) in [4.78, 5) is 52.5. The lowest BCUT2D eigenvalue weighted by Crippen LogP contribution is -2.70. The minimum absolute atomic E-state index is 0.152.